The Bertz CT molecular complexity index is 1160. The molecule has 31 heavy (non-hydrogen) atoms. The van der Waals surface area contributed by atoms with Gasteiger partial charge in [0.2, 0.25) is 0 Å². The van der Waals surface area contributed by atoms with Crippen molar-refractivity contribution in [1.82, 2.24) is 9.78 Å². The van der Waals surface area contributed by atoms with Crippen molar-refractivity contribution in [3.05, 3.63) is 71.0 Å². The molecule has 166 valence electrons. The van der Waals surface area contributed by atoms with Gasteiger partial charge >= 0.3 is 6.18 Å². The molecule has 0 fully saturated rings. The number of sulfonamides is 1. The number of hydrogen-bond acceptors (Lipinski definition) is 4. The van der Waals surface area contributed by atoms with Crippen molar-refractivity contribution in [2.24, 2.45) is 7.05 Å². The summed E-state index contributed by atoms with van der Waals surface area (Å²) in [5.41, 5.74) is -0.270. The fraction of sp³-hybridized carbons (Fsp3) is 0.250. The number of para-hydroxylation sites is 1. The minimum atomic E-state index is -4.59. The van der Waals surface area contributed by atoms with Crippen molar-refractivity contribution < 1.29 is 21.6 Å². The predicted molar refractivity (Wildman–Crippen MR) is 114 cm³/mol. The molecule has 1 heterocycles. The second kappa shape index (κ2) is 8.80. The molecule has 0 atom stereocenters. The van der Waals surface area contributed by atoms with Gasteiger partial charge in [-0.05, 0) is 37.3 Å². The lowest BCUT2D eigenvalue weighted by Gasteiger charge is -2.23. The maximum Gasteiger partial charge on any atom is 0.435 e. The molecule has 0 unspecified atom stereocenters. The second-order valence-electron chi connectivity index (χ2n) is 6.68. The van der Waals surface area contributed by atoms with Gasteiger partial charge in [-0.3, -0.25) is 8.99 Å². The first-order valence-electron chi connectivity index (χ1n) is 9.25. The number of benzene rings is 2. The lowest BCUT2D eigenvalue weighted by atomic mass is 10.2. The molecule has 0 saturated heterocycles. The van der Waals surface area contributed by atoms with Gasteiger partial charge in [0.05, 0.1) is 10.7 Å². The maximum absolute atomic E-state index is 13.3. The van der Waals surface area contributed by atoms with Crippen molar-refractivity contribution in [2.75, 3.05) is 16.2 Å². The molecule has 11 heteroatoms. The van der Waals surface area contributed by atoms with Crippen LogP contribution in [0.1, 0.15) is 18.2 Å². The molecule has 6 nitrogen and oxygen atoms in total. The van der Waals surface area contributed by atoms with E-state index in [1.54, 1.807) is 37.3 Å². The van der Waals surface area contributed by atoms with Gasteiger partial charge in [0, 0.05) is 37.6 Å². The number of halogens is 4. The SMILES string of the molecule is CCN(c1ccccc1)S(=O)(=O)c1cc(NCc2cn(C)nc2C(F)(F)F)ccc1Cl. The molecule has 0 aliphatic rings. The highest BCUT2D eigenvalue weighted by Gasteiger charge is 2.36. The molecule has 0 bridgehead atoms. The molecular formula is C20H20ClF3N4O2S. The zero-order chi connectivity index (χ0) is 22.8. The quantitative estimate of drug-likeness (QED) is 0.530. The van der Waals surface area contributed by atoms with Crippen LogP contribution in [0.4, 0.5) is 24.5 Å². The summed E-state index contributed by atoms with van der Waals surface area (Å²) in [6, 6.07) is 12.8. The average molecular weight is 473 g/mol. The number of aryl methyl sites for hydroxylation is 1. The fourth-order valence-electron chi connectivity index (χ4n) is 3.12. The first kappa shape index (κ1) is 23.0. The topological polar surface area (TPSA) is 67.2 Å². The zero-order valence-electron chi connectivity index (χ0n) is 16.7. The van der Waals surface area contributed by atoms with Crippen molar-refractivity contribution in [3.8, 4) is 0 Å². The Morgan fingerprint density at radius 2 is 1.84 bits per heavy atom. The summed E-state index contributed by atoms with van der Waals surface area (Å²) in [7, 11) is -2.61. The summed E-state index contributed by atoms with van der Waals surface area (Å²) in [6.07, 6.45) is -3.33. The first-order chi connectivity index (χ1) is 14.5. The van der Waals surface area contributed by atoms with E-state index in [9.17, 15) is 21.6 Å². The van der Waals surface area contributed by atoms with E-state index in [4.69, 9.17) is 11.6 Å². The molecule has 1 N–H and O–H groups in total. The molecule has 2 aromatic carbocycles. The van der Waals surface area contributed by atoms with Crippen LogP contribution in [0.3, 0.4) is 0 Å². The number of rotatable bonds is 7. The fourth-order valence-corrected chi connectivity index (χ4v) is 5.10. The van der Waals surface area contributed by atoms with Crippen molar-refractivity contribution in [3.63, 3.8) is 0 Å². The minimum Gasteiger partial charge on any atom is -0.381 e. The normalized spacial score (nSPS) is 12.1. The van der Waals surface area contributed by atoms with Crippen LogP contribution in [0, 0.1) is 0 Å². The molecule has 0 aliphatic carbocycles. The Balaban J connectivity index is 1.91. The van der Waals surface area contributed by atoms with Gasteiger partial charge in [0.1, 0.15) is 4.90 Å². The summed E-state index contributed by atoms with van der Waals surface area (Å²) < 4.78 is 68.2. The molecule has 3 rings (SSSR count). The standard InChI is InChI=1S/C20H20ClF3N4O2S/c1-3-28(16-7-5-4-6-8-16)31(29,30)18-11-15(9-10-17(18)21)25-12-14-13-27(2)26-19(14)20(22,23)24/h4-11,13,25H,3,12H2,1-2H3. The third-order valence-corrected chi connectivity index (χ3v) is 6.87. The molecular weight excluding hydrogens is 453 g/mol. The van der Waals surface area contributed by atoms with Crippen LogP contribution in [-0.2, 0) is 29.8 Å². The van der Waals surface area contributed by atoms with Gasteiger partial charge in [-0.25, -0.2) is 8.42 Å². The Morgan fingerprint density at radius 3 is 2.45 bits per heavy atom. The van der Waals surface area contributed by atoms with E-state index in [1.165, 1.54) is 35.7 Å². The van der Waals surface area contributed by atoms with E-state index in [1.807, 2.05) is 0 Å². The van der Waals surface area contributed by atoms with E-state index in [0.717, 1.165) is 4.68 Å². The molecule has 0 aliphatic heterocycles. The zero-order valence-corrected chi connectivity index (χ0v) is 18.3. The number of nitrogens with one attached hydrogen (secondary N) is 1. The van der Waals surface area contributed by atoms with E-state index in [-0.39, 0.29) is 28.6 Å². The Hall–Kier alpha value is -2.72. The molecule has 3 aromatic rings. The van der Waals surface area contributed by atoms with Gasteiger partial charge < -0.3 is 5.32 Å². The number of alkyl halides is 3. The van der Waals surface area contributed by atoms with Crippen LogP contribution < -0.4 is 9.62 Å². The lowest BCUT2D eigenvalue weighted by Crippen LogP contribution is -2.31. The molecule has 0 amide bonds. The Kier molecular flexibility index (Phi) is 6.51. The second-order valence-corrected chi connectivity index (χ2v) is 8.92. The van der Waals surface area contributed by atoms with Crippen molar-refractivity contribution >= 4 is 33.0 Å². The lowest BCUT2D eigenvalue weighted by molar-refractivity contribution is -0.142. The van der Waals surface area contributed by atoms with Crippen molar-refractivity contribution in [2.45, 2.75) is 24.5 Å². The number of anilines is 2. The van der Waals surface area contributed by atoms with Gasteiger partial charge in [-0.15, -0.1) is 0 Å². The van der Waals surface area contributed by atoms with Crippen LogP contribution >= 0.6 is 11.6 Å². The average Bonchev–Trinajstić information content (AvgIpc) is 3.09. The van der Waals surface area contributed by atoms with Crippen molar-refractivity contribution in [1.29, 1.82) is 0 Å². The van der Waals surface area contributed by atoms with Gasteiger partial charge in [0.25, 0.3) is 10.0 Å². The summed E-state index contributed by atoms with van der Waals surface area (Å²) >= 11 is 6.18. The first-order valence-corrected chi connectivity index (χ1v) is 11.1. The minimum absolute atomic E-state index is 0.0114. The van der Waals surface area contributed by atoms with Crippen LogP contribution in [0.25, 0.3) is 0 Å². The highest BCUT2D eigenvalue weighted by Crippen LogP contribution is 2.33. The number of hydrogen-bond donors (Lipinski definition) is 1. The Labute approximate surface area is 183 Å². The molecule has 0 spiro atoms. The molecule has 0 saturated carbocycles. The largest absolute Gasteiger partial charge is 0.435 e. The van der Waals surface area contributed by atoms with Gasteiger partial charge in [0.15, 0.2) is 5.69 Å². The summed E-state index contributed by atoms with van der Waals surface area (Å²) in [6.45, 7) is 1.67. The predicted octanol–water partition coefficient (Wildman–Crippen LogP) is 4.92. The van der Waals surface area contributed by atoms with E-state index in [2.05, 4.69) is 10.4 Å². The molecule has 0 radical (unpaired) electrons. The van der Waals surface area contributed by atoms with Gasteiger partial charge in [-0.2, -0.15) is 18.3 Å². The smallest absolute Gasteiger partial charge is 0.381 e. The van der Waals surface area contributed by atoms with Crippen LogP contribution in [0.2, 0.25) is 5.02 Å². The summed E-state index contributed by atoms with van der Waals surface area (Å²) in [4.78, 5) is -0.146. The van der Waals surface area contributed by atoms with E-state index in [0.29, 0.717) is 11.4 Å². The highest BCUT2D eigenvalue weighted by atomic mass is 35.5. The van der Waals surface area contributed by atoms with Crippen LogP contribution in [0.5, 0.6) is 0 Å². The van der Waals surface area contributed by atoms with E-state index >= 15 is 0 Å². The van der Waals surface area contributed by atoms with Crippen LogP contribution in [-0.4, -0.2) is 24.7 Å². The monoisotopic (exact) mass is 472 g/mol. The molecule has 1 aromatic heterocycles. The third kappa shape index (κ3) is 4.96. The highest BCUT2D eigenvalue weighted by molar-refractivity contribution is 7.93. The van der Waals surface area contributed by atoms with Crippen LogP contribution in [0.15, 0.2) is 59.6 Å². The summed E-state index contributed by atoms with van der Waals surface area (Å²) in [5, 5.41) is 6.30. The summed E-state index contributed by atoms with van der Waals surface area (Å²) in [5.74, 6) is 0. The Morgan fingerprint density at radius 1 is 1.16 bits per heavy atom. The number of aromatic nitrogens is 2. The van der Waals surface area contributed by atoms with E-state index < -0.39 is 21.9 Å². The third-order valence-electron chi connectivity index (χ3n) is 4.49. The van der Waals surface area contributed by atoms with Gasteiger partial charge in [-0.1, -0.05) is 29.8 Å². The maximum atomic E-state index is 13.3. The number of nitrogens with zero attached hydrogens (tertiary/aromatic N) is 3.